The topological polar surface area (TPSA) is 72.9 Å². The highest BCUT2D eigenvalue weighted by atomic mass is 127. The first-order valence-electron chi connectivity index (χ1n) is 8.93. The van der Waals surface area contributed by atoms with Gasteiger partial charge in [-0.05, 0) is 93.7 Å². The molecule has 0 N–H and O–H groups in total. The Hall–Kier alpha value is -1.67. The van der Waals surface area contributed by atoms with Crippen molar-refractivity contribution in [2.75, 3.05) is 7.11 Å². The van der Waals surface area contributed by atoms with Gasteiger partial charge in [-0.25, -0.2) is 9.18 Å². The van der Waals surface area contributed by atoms with Crippen molar-refractivity contribution in [1.29, 1.82) is 0 Å². The molecule has 0 unspecified atom stereocenters. The predicted octanol–water partition coefficient (Wildman–Crippen LogP) is 5.21. The molecule has 6 nitrogen and oxygen atoms in total. The fourth-order valence-corrected chi connectivity index (χ4v) is 5.84. The fourth-order valence-electron chi connectivity index (χ4n) is 2.81. The van der Waals surface area contributed by atoms with E-state index in [9.17, 15) is 18.8 Å². The Morgan fingerprint density at radius 1 is 1.23 bits per heavy atom. The molecule has 0 radical (unpaired) electrons. The summed E-state index contributed by atoms with van der Waals surface area (Å²) >= 11 is 4.98. The molecule has 0 spiro atoms. The average Bonchev–Trinajstić information content (AvgIpc) is 3.00. The van der Waals surface area contributed by atoms with Gasteiger partial charge in [-0.15, -0.1) is 0 Å². The van der Waals surface area contributed by atoms with Crippen LogP contribution >= 0.6 is 56.9 Å². The van der Waals surface area contributed by atoms with Gasteiger partial charge in [-0.1, -0.05) is 18.2 Å². The van der Waals surface area contributed by atoms with E-state index in [4.69, 9.17) is 4.74 Å². The molecule has 0 aliphatic carbocycles. The average molecular weight is 667 g/mol. The SMILES string of the molecule is COC(=O)[C@@H](C)N1C(=O)S/C(=C/c2cc(I)c(OCc3ccccc3F)c(I)c2)C1=O. The number of hydrogen-bond acceptors (Lipinski definition) is 6. The minimum Gasteiger partial charge on any atom is -0.487 e. The number of halogens is 3. The van der Waals surface area contributed by atoms with Gasteiger partial charge in [0.15, 0.2) is 0 Å². The van der Waals surface area contributed by atoms with E-state index >= 15 is 0 Å². The van der Waals surface area contributed by atoms with E-state index in [1.165, 1.54) is 20.1 Å². The van der Waals surface area contributed by atoms with Gasteiger partial charge >= 0.3 is 5.97 Å². The molecule has 0 aromatic heterocycles. The van der Waals surface area contributed by atoms with Crippen molar-refractivity contribution in [3.05, 3.63) is 65.4 Å². The van der Waals surface area contributed by atoms with Gasteiger partial charge in [0, 0.05) is 5.56 Å². The summed E-state index contributed by atoms with van der Waals surface area (Å²) in [6.45, 7) is 1.53. The van der Waals surface area contributed by atoms with Crippen LogP contribution < -0.4 is 4.74 Å². The lowest BCUT2D eigenvalue weighted by Crippen LogP contribution is -2.42. The van der Waals surface area contributed by atoms with Crippen LogP contribution in [-0.2, 0) is 20.9 Å². The molecular formula is C21H16FI2NO5S. The molecule has 3 rings (SSSR count). The number of methoxy groups -OCH3 is 1. The first-order valence-corrected chi connectivity index (χ1v) is 11.9. The smallest absolute Gasteiger partial charge is 0.328 e. The van der Waals surface area contributed by atoms with E-state index in [-0.39, 0.29) is 17.3 Å². The second kappa shape index (κ2) is 10.3. The van der Waals surface area contributed by atoms with Gasteiger partial charge in [-0.2, -0.15) is 0 Å². The molecule has 0 bridgehead atoms. The minimum atomic E-state index is -1.00. The van der Waals surface area contributed by atoms with Crippen LogP contribution in [0.1, 0.15) is 18.1 Å². The highest BCUT2D eigenvalue weighted by molar-refractivity contribution is 14.1. The standard InChI is InChI=1S/C21H16FI2NO5S/c1-11(20(27)29-2)25-19(26)17(31-21(25)28)9-12-7-15(23)18(16(24)8-12)30-10-13-5-3-4-6-14(13)22/h3-9,11H,10H2,1-2H3/b17-9+/t11-/m1/s1. The molecule has 1 aliphatic rings. The Morgan fingerprint density at radius 2 is 1.87 bits per heavy atom. The number of benzene rings is 2. The zero-order chi connectivity index (χ0) is 22.7. The van der Waals surface area contributed by atoms with E-state index < -0.39 is 23.2 Å². The zero-order valence-electron chi connectivity index (χ0n) is 16.4. The van der Waals surface area contributed by atoms with Crippen LogP contribution in [0.2, 0.25) is 0 Å². The quantitative estimate of drug-likeness (QED) is 0.240. The number of hydrogen-bond donors (Lipinski definition) is 0. The molecule has 1 saturated heterocycles. The Bertz CT molecular complexity index is 1070. The van der Waals surface area contributed by atoms with E-state index in [0.29, 0.717) is 16.9 Å². The first kappa shape index (κ1) is 24.0. The lowest BCUT2D eigenvalue weighted by Gasteiger charge is -2.18. The molecule has 1 heterocycles. The molecule has 0 saturated carbocycles. The zero-order valence-corrected chi connectivity index (χ0v) is 21.5. The number of nitrogens with zero attached hydrogens (tertiary/aromatic N) is 1. The highest BCUT2D eigenvalue weighted by Gasteiger charge is 2.41. The maximum Gasteiger partial charge on any atom is 0.328 e. The lowest BCUT2D eigenvalue weighted by molar-refractivity contribution is -0.148. The van der Waals surface area contributed by atoms with E-state index in [1.54, 1.807) is 36.4 Å². The lowest BCUT2D eigenvalue weighted by atomic mass is 10.2. The van der Waals surface area contributed by atoms with Gasteiger partial charge in [0.05, 0.1) is 19.2 Å². The fraction of sp³-hybridized carbons (Fsp3) is 0.190. The first-order chi connectivity index (χ1) is 14.7. The number of carbonyl (C=O) groups is 3. The van der Waals surface area contributed by atoms with Gasteiger partial charge < -0.3 is 9.47 Å². The van der Waals surface area contributed by atoms with E-state index in [1.807, 2.05) is 0 Å². The van der Waals surface area contributed by atoms with Crippen LogP contribution in [0.15, 0.2) is 41.3 Å². The molecule has 162 valence electrons. The molecular weight excluding hydrogens is 651 g/mol. The largest absolute Gasteiger partial charge is 0.487 e. The molecule has 10 heteroatoms. The van der Waals surface area contributed by atoms with Crippen LogP contribution in [0, 0.1) is 13.0 Å². The second-order valence-corrected chi connectivity index (χ2v) is 9.76. The highest BCUT2D eigenvalue weighted by Crippen LogP contribution is 2.36. The van der Waals surface area contributed by atoms with Crippen molar-refractivity contribution in [1.82, 2.24) is 4.90 Å². The normalized spacial score (nSPS) is 16.0. The summed E-state index contributed by atoms with van der Waals surface area (Å²) < 4.78 is 25.8. The summed E-state index contributed by atoms with van der Waals surface area (Å²) in [6.07, 6.45) is 1.60. The van der Waals surface area contributed by atoms with E-state index in [0.717, 1.165) is 23.8 Å². The maximum absolute atomic E-state index is 13.8. The minimum absolute atomic E-state index is 0.0856. The Labute approximate surface area is 209 Å². The van der Waals surface area contributed by atoms with Crippen molar-refractivity contribution in [2.24, 2.45) is 0 Å². The Morgan fingerprint density at radius 3 is 2.48 bits per heavy atom. The molecule has 31 heavy (non-hydrogen) atoms. The van der Waals surface area contributed by atoms with Gasteiger partial charge in [0.2, 0.25) is 0 Å². The number of thioether (sulfide) groups is 1. The van der Waals surface area contributed by atoms with Gasteiger partial charge in [0.1, 0.15) is 24.2 Å². The summed E-state index contributed by atoms with van der Waals surface area (Å²) in [4.78, 5) is 37.7. The Balaban J connectivity index is 1.80. The number of rotatable bonds is 6. The molecule has 2 amide bonds. The van der Waals surface area contributed by atoms with Gasteiger partial charge in [-0.3, -0.25) is 14.5 Å². The van der Waals surface area contributed by atoms with Crippen molar-refractivity contribution >= 4 is 80.1 Å². The molecule has 2 aromatic rings. The van der Waals surface area contributed by atoms with Crippen LogP contribution in [-0.4, -0.2) is 35.2 Å². The van der Waals surface area contributed by atoms with Crippen molar-refractivity contribution in [3.63, 3.8) is 0 Å². The van der Waals surface area contributed by atoms with Crippen LogP contribution in [0.25, 0.3) is 6.08 Å². The summed E-state index contributed by atoms with van der Waals surface area (Å²) in [5, 5.41) is -0.525. The summed E-state index contributed by atoms with van der Waals surface area (Å²) in [7, 11) is 1.20. The summed E-state index contributed by atoms with van der Waals surface area (Å²) in [5.74, 6) is -0.933. The number of ether oxygens (including phenoxy) is 2. The van der Waals surface area contributed by atoms with Crippen molar-refractivity contribution in [2.45, 2.75) is 19.6 Å². The molecule has 1 atom stereocenters. The third-order valence-electron chi connectivity index (χ3n) is 4.40. The monoisotopic (exact) mass is 667 g/mol. The van der Waals surface area contributed by atoms with Crippen LogP contribution in [0.4, 0.5) is 9.18 Å². The van der Waals surface area contributed by atoms with Gasteiger partial charge in [0.25, 0.3) is 11.1 Å². The third kappa shape index (κ3) is 5.40. The number of imide groups is 1. The maximum atomic E-state index is 13.8. The van der Waals surface area contributed by atoms with E-state index in [2.05, 4.69) is 49.9 Å². The third-order valence-corrected chi connectivity index (χ3v) is 6.89. The Kier molecular flexibility index (Phi) is 7.97. The number of carbonyl (C=O) groups excluding carboxylic acids is 3. The molecule has 1 aliphatic heterocycles. The van der Waals surface area contributed by atoms with Crippen LogP contribution in [0.3, 0.4) is 0 Å². The second-order valence-electron chi connectivity index (χ2n) is 6.44. The summed E-state index contributed by atoms with van der Waals surface area (Å²) in [6, 6.07) is 9.01. The molecule has 1 fully saturated rings. The van der Waals surface area contributed by atoms with Crippen molar-refractivity contribution in [3.8, 4) is 5.75 Å². The predicted molar refractivity (Wildman–Crippen MR) is 132 cm³/mol. The number of amides is 2. The van der Waals surface area contributed by atoms with Crippen LogP contribution in [0.5, 0.6) is 5.75 Å². The molecule has 2 aromatic carbocycles. The number of esters is 1. The summed E-state index contributed by atoms with van der Waals surface area (Å²) in [5.41, 5.74) is 1.15. The van der Waals surface area contributed by atoms with Crippen molar-refractivity contribution < 1.29 is 28.2 Å².